The molecule has 1 rings (SSSR count). The fourth-order valence-electron chi connectivity index (χ4n) is 1.61. The highest BCUT2D eigenvalue weighted by atomic mass is 32.2. The average molecular weight is 290 g/mol. The van der Waals surface area contributed by atoms with Crippen LogP contribution in [0.25, 0.3) is 0 Å². The molecule has 1 unspecified atom stereocenters. The van der Waals surface area contributed by atoms with Crippen LogP contribution in [0, 0.1) is 5.92 Å². The van der Waals surface area contributed by atoms with Gasteiger partial charge in [-0.2, -0.15) is 0 Å². The molecule has 9 heteroatoms. The molecule has 8 nitrogen and oxygen atoms in total. The van der Waals surface area contributed by atoms with Crippen molar-refractivity contribution in [3.63, 3.8) is 0 Å². The van der Waals surface area contributed by atoms with E-state index in [1.165, 1.54) is 0 Å². The summed E-state index contributed by atoms with van der Waals surface area (Å²) in [4.78, 5) is 32.4. The summed E-state index contributed by atoms with van der Waals surface area (Å²) in [5.41, 5.74) is 0. The van der Waals surface area contributed by atoms with Crippen molar-refractivity contribution in [2.45, 2.75) is 6.42 Å². The topological polar surface area (TPSA) is 130 Å². The second-order valence-corrected chi connectivity index (χ2v) is 6.37. The van der Waals surface area contributed by atoms with E-state index >= 15 is 0 Å². The van der Waals surface area contributed by atoms with Crippen molar-refractivity contribution in [3.8, 4) is 0 Å². The summed E-state index contributed by atoms with van der Waals surface area (Å²) < 4.78 is 22.3. The van der Waals surface area contributed by atoms with Crippen molar-refractivity contribution >= 4 is 27.7 Å². The molecular weight excluding hydrogens is 276 g/mol. The van der Waals surface area contributed by atoms with Gasteiger partial charge >= 0.3 is 12.0 Å². The maximum Gasteiger partial charge on any atom is 0.328 e. The molecule has 0 aliphatic carbocycles. The molecule has 0 aromatic carbocycles. The van der Waals surface area contributed by atoms with Crippen molar-refractivity contribution in [2.24, 2.45) is 5.92 Å². The zero-order valence-corrected chi connectivity index (χ0v) is 10.8. The van der Waals surface area contributed by atoms with Crippen molar-refractivity contribution < 1.29 is 27.9 Å². The molecular formula is C10H14N2O6S. The van der Waals surface area contributed by atoms with Crippen LogP contribution in [0.15, 0.2) is 12.2 Å². The molecule has 0 bridgehead atoms. The van der Waals surface area contributed by atoms with Gasteiger partial charge in [0.25, 0.3) is 5.91 Å². The Labute approximate surface area is 109 Å². The number of amides is 3. The molecule has 1 heterocycles. The zero-order chi connectivity index (χ0) is 14.5. The number of carboxylic acid groups (broad SMARTS) is 1. The van der Waals surface area contributed by atoms with Gasteiger partial charge in [-0.25, -0.2) is 18.0 Å². The van der Waals surface area contributed by atoms with E-state index < -0.39 is 27.7 Å². The predicted molar refractivity (Wildman–Crippen MR) is 65.1 cm³/mol. The number of rotatable bonds is 4. The van der Waals surface area contributed by atoms with Crippen LogP contribution in [0.4, 0.5) is 4.79 Å². The van der Waals surface area contributed by atoms with Gasteiger partial charge in [-0.3, -0.25) is 10.1 Å². The molecule has 3 N–H and O–H groups in total. The average Bonchev–Trinajstić information content (AvgIpc) is 2.64. The number of imide groups is 1. The van der Waals surface area contributed by atoms with E-state index in [1.807, 2.05) is 5.32 Å². The van der Waals surface area contributed by atoms with Gasteiger partial charge in [0.2, 0.25) is 0 Å². The molecule has 1 fully saturated rings. The summed E-state index contributed by atoms with van der Waals surface area (Å²) in [6.07, 6.45) is 1.80. The number of hydrogen-bond donors (Lipinski definition) is 3. The molecule has 0 spiro atoms. The first-order chi connectivity index (χ1) is 8.78. The number of urea groups is 1. The van der Waals surface area contributed by atoms with Crippen molar-refractivity contribution in [1.29, 1.82) is 0 Å². The Hall–Kier alpha value is -1.90. The zero-order valence-electron chi connectivity index (χ0n) is 9.96. The maximum atomic E-state index is 11.2. The van der Waals surface area contributed by atoms with E-state index in [4.69, 9.17) is 5.11 Å². The normalized spacial score (nSPS) is 21.2. The number of carboxylic acids is 1. The van der Waals surface area contributed by atoms with Crippen LogP contribution in [-0.2, 0) is 19.4 Å². The molecule has 106 valence electrons. The number of nitrogens with one attached hydrogen (secondary N) is 2. The SMILES string of the molecule is O=C(O)C=CC(=O)NC(=O)NCC1CCS(=O)(=O)C1. The minimum atomic E-state index is -3.00. The number of carbonyl (C=O) groups is 3. The first kappa shape index (κ1) is 15.2. The first-order valence-corrected chi connectivity index (χ1v) is 7.31. The Morgan fingerprint density at radius 3 is 2.47 bits per heavy atom. The largest absolute Gasteiger partial charge is 0.478 e. The maximum absolute atomic E-state index is 11.2. The molecule has 1 aliphatic rings. The first-order valence-electron chi connectivity index (χ1n) is 5.49. The molecule has 0 saturated carbocycles. The third kappa shape index (κ3) is 6.00. The van der Waals surface area contributed by atoms with Crippen LogP contribution in [0.2, 0.25) is 0 Å². The monoisotopic (exact) mass is 290 g/mol. The van der Waals surface area contributed by atoms with E-state index in [1.54, 1.807) is 0 Å². The standard InChI is InChI=1S/C10H14N2O6S/c13-8(1-2-9(14)15)12-10(16)11-5-7-3-4-19(17,18)6-7/h1-2,7H,3-6H2,(H,14,15)(H2,11,12,13,16). The van der Waals surface area contributed by atoms with Gasteiger partial charge in [-0.1, -0.05) is 0 Å². The number of carbonyl (C=O) groups excluding carboxylic acids is 2. The summed E-state index contributed by atoms with van der Waals surface area (Å²) in [5.74, 6) is -2.17. The number of sulfone groups is 1. The fourth-order valence-corrected chi connectivity index (χ4v) is 3.48. The van der Waals surface area contributed by atoms with Gasteiger partial charge in [0.05, 0.1) is 11.5 Å². The van der Waals surface area contributed by atoms with Crippen molar-refractivity contribution in [3.05, 3.63) is 12.2 Å². The Morgan fingerprint density at radius 1 is 1.26 bits per heavy atom. The van der Waals surface area contributed by atoms with Crippen molar-refractivity contribution in [1.82, 2.24) is 10.6 Å². The molecule has 0 radical (unpaired) electrons. The highest BCUT2D eigenvalue weighted by Crippen LogP contribution is 2.17. The fraction of sp³-hybridized carbons (Fsp3) is 0.500. The Morgan fingerprint density at radius 2 is 1.95 bits per heavy atom. The van der Waals surface area contributed by atoms with E-state index in [0.29, 0.717) is 18.6 Å². The van der Waals surface area contributed by atoms with Gasteiger partial charge in [-0.15, -0.1) is 0 Å². The van der Waals surface area contributed by atoms with E-state index in [-0.39, 0.29) is 24.0 Å². The minimum absolute atomic E-state index is 0.0279. The van der Waals surface area contributed by atoms with Crippen LogP contribution in [0.3, 0.4) is 0 Å². The third-order valence-corrected chi connectivity index (χ3v) is 4.33. The van der Waals surface area contributed by atoms with E-state index in [2.05, 4.69) is 5.32 Å². The Kier molecular flexibility index (Phi) is 5.04. The summed E-state index contributed by atoms with van der Waals surface area (Å²) in [5, 5.41) is 12.5. The minimum Gasteiger partial charge on any atom is -0.478 e. The Balaban J connectivity index is 2.29. The van der Waals surface area contributed by atoms with Gasteiger partial charge in [0.1, 0.15) is 0 Å². The van der Waals surface area contributed by atoms with Crippen LogP contribution in [-0.4, -0.2) is 49.5 Å². The summed E-state index contributed by atoms with van der Waals surface area (Å²) in [7, 11) is -3.00. The smallest absolute Gasteiger partial charge is 0.328 e. The van der Waals surface area contributed by atoms with Crippen molar-refractivity contribution in [2.75, 3.05) is 18.1 Å². The van der Waals surface area contributed by atoms with Crippen LogP contribution in [0.5, 0.6) is 0 Å². The molecule has 0 aromatic rings. The van der Waals surface area contributed by atoms with Gasteiger partial charge in [0, 0.05) is 18.7 Å². The molecule has 1 atom stereocenters. The number of aliphatic carboxylic acids is 1. The lowest BCUT2D eigenvalue weighted by molar-refractivity contribution is -0.131. The van der Waals surface area contributed by atoms with Gasteiger partial charge in [0.15, 0.2) is 9.84 Å². The molecule has 19 heavy (non-hydrogen) atoms. The molecule has 1 saturated heterocycles. The molecule has 1 aliphatic heterocycles. The number of hydrogen-bond acceptors (Lipinski definition) is 5. The highest BCUT2D eigenvalue weighted by Gasteiger charge is 2.27. The lowest BCUT2D eigenvalue weighted by Gasteiger charge is -2.09. The molecule has 3 amide bonds. The second-order valence-electron chi connectivity index (χ2n) is 4.14. The van der Waals surface area contributed by atoms with Crippen LogP contribution >= 0.6 is 0 Å². The second kappa shape index (κ2) is 6.32. The summed E-state index contributed by atoms with van der Waals surface area (Å²) >= 11 is 0. The summed E-state index contributed by atoms with van der Waals surface area (Å²) in [6.45, 7) is 0.154. The third-order valence-electron chi connectivity index (χ3n) is 2.49. The van der Waals surface area contributed by atoms with E-state index in [0.717, 1.165) is 0 Å². The lowest BCUT2D eigenvalue weighted by Crippen LogP contribution is -2.41. The predicted octanol–water partition coefficient (Wildman–Crippen LogP) is -1.11. The Bertz CT molecular complexity index is 510. The van der Waals surface area contributed by atoms with E-state index in [9.17, 15) is 22.8 Å². The quantitative estimate of drug-likeness (QED) is 0.563. The lowest BCUT2D eigenvalue weighted by atomic mass is 10.1. The molecule has 0 aromatic heterocycles. The highest BCUT2D eigenvalue weighted by molar-refractivity contribution is 7.91. The van der Waals surface area contributed by atoms with Crippen LogP contribution < -0.4 is 10.6 Å². The van der Waals surface area contributed by atoms with Gasteiger partial charge < -0.3 is 10.4 Å². The van der Waals surface area contributed by atoms with Crippen LogP contribution in [0.1, 0.15) is 6.42 Å². The van der Waals surface area contributed by atoms with Gasteiger partial charge in [-0.05, 0) is 12.3 Å². The summed E-state index contributed by atoms with van der Waals surface area (Å²) in [6, 6.07) is -0.788.